The van der Waals surface area contributed by atoms with Gasteiger partial charge in [0.15, 0.2) is 0 Å². The number of rotatable bonds is 3. The van der Waals surface area contributed by atoms with Gasteiger partial charge in [-0.3, -0.25) is 0 Å². The van der Waals surface area contributed by atoms with Crippen molar-refractivity contribution in [3.63, 3.8) is 0 Å². The summed E-state index contributed by atoms with van der Waals surface area (Å²) in [6.07, 6.45) is 1.16. The topological polar surface area (TPSA) is 113 Å². The van der Waals surface area contributed by atoms with Crippen LogP contribution in [0.15, 0.2) is 69.0 Å². The highest BCUT2D eigenvalue weighted by Crippen LogP contribution is 2.22. The van der Waals surface area contributed by atoms with E-state index in [9.17, 15) is 13.5 Å². The molecule has 2 aromatic carbocycles. The van der Waals surface area contributed by atoms with Crippen LogP contribution < -0.4 is 15.5 Å². The van der Waals surface area contributed by atoms with Crippen LogP contribution in [0.25, 0.3) is 5.69 Å². The smallest absolute Gasteiger partial charge is 0.239 e. The van der Waals surface area contributed by atoms with Gasteiger partial charge in [0, 0.05) is 17.8 Å². The second kappa shape index (κ2) is 5.15. The lowest BCUT2D eigenvalue weighted by molar-refractivity contribution is -0.670. The number of aromatic nitrogens is 2. The van der Waals surface area contributed by atoms with Crippen molar-refractivity contribution < 1.29 is 22.7 Å². The molecule has 2 N–H and O–H groups in total. The van der Waals surface area contributed by atoms with Crippen LogP contribution >= 0.6 is 0 Å². The van der Waals surface area contributed by atoms with E-state index >= 15 is 0 Å². The summed E-state index contributed by atoms with van der Waals surface area (Å²) < 4.78 is 30.6. The quantitative estimate of drug-likeness (QED) is 0.554. The third-order valence-electron chi connectivity index (χ3n) is 3.05. The Morgan fingerprint density at radius 3 is 2.05 bits per heavy atom. The van der Waals surface area contributed by atoms with E-state index < -0.39 is 15.8 Å². The molecule has 0 saturated heterocycles. The summed E-state index contributed by atoms with van der Waals surface area (Å²) in [4.78, 5) is 0.290. The van der Waals surface area contributed by atoms with Crippen LogP contribution in [0, 0.1) is 0 Å². The summed E-state index contributed by atoms with van der Waals surface area (Å²) in [6, 6.07) is 11.9. The zero-order valence-electron chi connectivity index (χ0n) is 11.2. The molecule has 1 heterocycles. The van der Waals surface area contributed by atoms with Gasteiger partial charge in [-0.15, -0.1) is 0 Å². The molecule has 0 radical (unpaired) electrons. The van der Waals surface area contributed by atoms with Crippen LogP contribution in [0.2, 0.25) is 0 Å². The minimum Gasteiger partial charge on any atom is -0.539 e. The molecular weight excluding hydrogens is 306 g/mol. The lowest BCUT2D eigenvalue weighted by atomic mass is 10.3. The van der Waals surface area contributed by atoms with Crippen LogP contribution in [0.5, 0.6) is 5.95 Å². The average Bonchev–Trinajstić information content (AvgIpc) is 2.94. The third kappa shape index (κ3) is 2.51. The van der Waals surface area contributed by atoms with Crippen LogP contribution in [-0.2, 0) is 9.84 Å². The highest BCUT2D eigenvalue weighted by molar-refractivity contribution is 7.91. The molecule has 0 aliphatic heterocycles. The molecule has 0 saturated carbocycles. The maximum Gasteiger partial charge on any atom is 0.239 e. The second-order valence-corrected chi connectivity index (χ2v) is 6.48. The van der Waals surface area contributed by atoms with Crippen molar-refractivity contribution >= 4 is 15.5 Å². The van der Waals surface area contributed by atoms with Crippen LogP contribution in [0.3, 0.4) is 0 Å². The molecule has 112 valence electrons. The van der Waals surface area contributed by atoms with Gasteiger partial charge >= 0.3 is 0 Å². The van der Waals surface area contributed by atoms with Crippen molar-refractivity contribution in [2.75, 3.05) is 5.73 Å². The summed E-state index contributed by atoms with van der Waals surface area (Å²) in [5, 5.41) is 14.5. The van der Waals surface area contributed by atoms with Crippen LogP contribution in [0.4, 0.5) is 5.69 Å². The molecule has 0 spiro atoms. The van der Waals surface area contributed by atoms with Gasteiger partial charge < -0.3 is 15.4 Å². The first-order chi connectivity index (χ1) is 10.5. The Labute approximate surface area is 126 Å². The second-order valence-electron chi connectivity index (χ2n) is 4.53. The summed E-state index contributed by atoms with van der Waals surface area (Å²) in [6.45, 7) is 0. The van der Waals surface area contributed by atoms with E-state index in [0.29, 0.717) is 11.4 Å². The Bertz CT molecular complexity index is 900. The SMILES string of the molecule is Nc1ccc(S(=O)(=O)c2ccc(-[n+]3cc([O-])on3)cc2)cc1. The summed E-state index contributed by atoms with van der Waals surface area (Å²) in [7, 11) is -3.62. The van der Waals surface area contributed by atoms with Gasteiger partial charge in [-0.2, -0.15) is 0 Å². The zero-order valence-corrected chi connectivity index (χ0v) is 12.0. The number of nitrogens with zero attached hydrogens (tertiary/aromatic N) is 2. The first-order valence-corrected chi connectivity index (χ1v) is 7.72. The van der Waals surface area contributed by atoms with Crippen molar-refractivity contribution in [3.05, 3.63) is 54.7 Å². The van der Waals surface area contributed by atoms with Crippen LogP contribution in [0.1, 0.15) is 0 Å². The van der Waals surface area contributed by atoms with Crippen molar-refractivity contribution in [3.8, 4) is 11.6 Å². The molecule has 0 aliphatic rings. The van der Waals surface area contributed by atoms with Gasteiger partial charge in [-0.1, -0.05) is 0 Å². The predicted octanol–water partition coefficient (Wildman–Crippen LogP) is 0.440. The normalized spacial score (nSPS) is 11.5. The Kier molecular flexibility index (Phi) is 3.30. The number of hydrogen-bond donors (Lipinski definition) is 1. The van der Waals surface area contributed by atoms with E-state index in [1.807, 2.05) is 0 Å². The highest BCUT2D eigenvalue weighted by atomic mass is 32.2. The number of benzene rings is 2. The minimum atomic E-state index is -3.62. The lowest BCUT2D eigenvalue weighted by Crippen LogP contribution is -2.31. The first-order valence-electron chi connectivity index (χ1n) is 6.23. The Morgan fingerprint density at radius 1 is 1.00 bits per heavy atom. The van der Waals surface area contributed by atoms with Crippen molar-refractivity contribution in [1.29, 1.82) is 0 Å². The first kappa shape index (κ1) is 14.1. The van der Waals surface area contributed by atoms with E-state index in [0.717, 1.165) is 6.20 Å². The van der Waals surface area contributed by atoms with Gasteiger partial charge in [0.2, 0.25) is 21.7 Å². The van der Waals surface area contributed by atoms with Gasteiger partial charge in [-0.25, -0.2) is 8.42 Å². The van der Waals surface area contributed by atoms with Crippen LogP contribution in [-0.4, -0.2) is 13.7 Å². The Hall–Kier alpha value is -2.87. The minimum absolute atomic E-state index is 0.132. The number of anilines is 1. The summed E-state index contributed by atoms with van der Waals surface area (Å²) >= 11 is 0. The van der Waals surface area contributed by atoms with Gasteiger partial charge in [-0.05, 0) is 41.1 Å². The summed E-state index contributed by atoms with van der Waals surface area (Å²) in [5.41, 5.74) is 6.56. The largest absolute Gasteiger partial charge is 0.539 e. The Morgan fingerprint density at radius 2 is 1.55 bits per heavy atom. The molecule has 0 amide bonds. The molecule has 3 rings (SSSR count). The van der Waals surface area contributed by atoms with E-state index in [1.165, 1.54) is 53.2 Å². The van der Waals surface area contributed by atoms with Crippen molar-refractivity contribution in [2.45, 2.75) is 9.79 Å². The number of sulfone groups is 1. The van der Waals surface area contributed by atoms with E-state index in [4.69, 9.17) is 5.73 Å². The van der Waals surface area contributed by atoms with E-state index in [-0.39, 0.29) is 9.79 Å². The molecule has 22 heavy (non-hydrogen) atoms. The lowest BCUT2D eigenvalue weighted by Gasteiger charge is -2.04. The molecule has 3 aromatic rings. The van der Waals surface area contributed by atoms with Gasteiger partial charge in [0.1, 0.15) is 5.95 Å². The third-order valence-corrected chi connectivity index (χ3v) is 4.83. The fourth-order valence-electron chi connectivity index (χ4n) is 1.91. The maximum atomic E-state index is 12.5. The molecule has 7 nitrogen and oxygen atoms in total. The number of nitrogen functional groups attached to an aromatic ring is 1. The van der Waals surface area contributed by atoms with Crippen molar-refractivity contribution in [1.82, 2.24) is 5.27 Å². The average molecular weight is 317 g/mol. The summed E-state index contributed by atoms with van der Waals surface area (Å²) in [5.74, 6) is -0.585. The molecule has 1 aromatic heterocycles. The Balaban J connectivity index is 1.96. The van der Waals surface area contributed by atoms with Gasteiger partial charge in [0.25, 0.3) is 0 Å². The molecule has 0 bridgehead atoms. The van der Waals surface area contributed by atoms with Gasteiger partial charge in [0.05, 0.1) is 15.1 Å². The molecule has 8 heteroatoms. The molecule has 0 fully saturated rings. The van der Waals surface area contributed by atoms with E-state index in [2.05, 4.69) is 9.79 Å². The zero-order chi connectivity index (χ0) is 15.7. The monoisotopic (exact) mass is 317 g/mol. The maximum absolute atomic E-state index is 12.5. The highest BCUT2D eigenvalue weighted by Gasteiger charge is 2.19. The standard InChI is InChI=1S/C14H11N3O4S/c15-10-1-5-12(6-2-10)22(19,20)13-7-3-11(4-8-13)17-9-14(18)21-16-17/h1-9H,15H2. The number of hydrogen-bond acceptors (Lipinski definition) is 6. The fourth-order valence-corrected chi connectivity index (χ4v) is 3.17. The van der Waals surface area contributed by atoms with E-state index in [1.54, 1.807) is 0 Å². The molecule has 0 atom stereocenters. The molecular formula is C14H11N3O4S. The molecule has 0 unspecified atom stereocenters. The van der Waals surface area contributed by atoms with Crippen molar-refractivity contribution in [2.24, 2.45) is 0 Å². The fraction of sp³-hybridized carbons (Fsp3) is 0. The predicted molar refractivity (Wildman–Crippen MR) is 73.8 cm³/mol. The number of nitrogens with two attached hydrogens (primary N) is 1. The molecule has 0 aliphatic carbocycles.